The third-order valence-electron chi connectivity index (χ3n) is 3.81. The van der Waals surface area contributed by atoms with E-state index in [9.17, 15) is 0 Å². The molecule has 2 fully saturated rings. The van der Waals surface area contributed by atoms with Crippen LogP contribution >= 0.6 is 0 Å². The second-order valence-corrected chi connectivity index (χ2v) is 4.42. The fourth-order valence-electron chi connectivity index (χ4n) is 3.17. The lowest BCUT2D eigenvalue weighted by atomic mass is 9.79. The van der Waals surface area contributed by atoms with E-state index >= 15 is 0 Å². The first-order valence-corrected chi connectivity index (χ1v) is 5.36. The van der Waals surface area contributed by atoms with E-state index in [2.05, 4.69) is 12.1 Å². The molecule has 0 radical (unpaired) electrons. The summed E-state index contributed by atoms with van der Waals surface area (Å²) in [6.45, 7) is 0. The van der Waals surface area contributed by atoms with Crippen LogP contribution in [-0.2, 0) is 0 Å². The molecular weight excluding hydrogens is 172 g/mol. The molecule has 0 aliphatic heterocycles. The number of hydrogen-bond acceptors (Lipinski definition) is 2. The van der Waals surface area contributed by atoms with E-state index in [1.807, 2.05) is 0 Å². The van der Waals surface area contributed by atoms with Gasteiger partial charge in [-0.25, -0.2) is 0 Å². The molecule has 14 heavy (non-hydrogen) atoms. The van der Waals surface area contributed by atoms with Gasteiger partial charge in [-0.15, -0.1) is 0 Å². The van der Waals surface area contributed by atoms with Gasteiger partial charge in [0, 0.05) is 0 Å². The fraction of sp³-hybridized carbons (Fsp3) is 0.667. The van der Waals surface area contributed by atoms with Crippen LogP contribution in [-0.4, -0.2) is 0 Å². The van der Waals surface area contributed by atoms with Gasteiger partial charge in [0.1, 0.15) is 17.7 Å². The number of hydrogen-bond donors (Lipinski definition) is 0. The molecule has 0 atom stereocenters. The number of nitrogens with zero attached hydrogens (tertiary/aromatic N) is 2. The summed E-state index contributed by atoms with van der Waals surface area (Å²) < 4.78 is 0. The van der Waals surface area contributed by atoms with Crippen LogP contribution in [0.2, 0.25) is 0 Å². The smallest absolute Gasteiger partial charge is 0.129 e. The molecule has 0 saturated heterocycles. The number of nitriles is 2. The highest BCUT2D eigenvalue weighted by atomic mass is 14.5. The van der Waals surface area contributed by atoms with Gasteiger partial charge in [0.15, 0.2) is 0 Å². The Kier molecular flexibility index (Phi) is 2.30. The monoisotopic (exact) mass is 186 g/mol. The van der Waals surface area contributed by atoms with Gasteiger partial charge >= 0.3 is 0 Å². The number of allylic oxidation sites excluding steroid dienone is 2. The maximum atomic E-state index is 8.90. The molecule has 0 heterocycles. The van der Waals surface area contributed by atoms with E-state index in [0.29, 0.717) is 5.57 Å². The minimum atomic E-state index is 0.265. The zero-order valence-electron chi connectivity index (χ0n) is 8.34. The van der Waals surface area contributed by atoms with Crippen molar-refractivity contribution < 1.29 is 0 Å². The van der Waals surface area contributed by atoms with Crippen LogP contribution in [0.15, 0.2) is 11.1 Å². The van der Waals surface area contributed by atoms with Gasteiger partial charge in [-0.05, 0) is 43.1 Å². The quantitative estimate of drug-likeness (QED) is 0.546. The highest BCUT2D eigenvalue weighted by Gasteiger charge is 2.42. The summed E-state index contributed by atoms with van der Waals surface area (Å²) in [6.07, 6.45) is 8.31. The molecule has 2 aliphatic rings. The number of rotatable bonds is 0. The molecule has 2 aliphatic carbocycles. The second-order valence-electron chi connectivity index (χ2n) is 4.42. The average molecular weight is 186 g/mol. The van der Waals surface area contributed by atoms with Crippen molar-refractivity contribution in [2.24, 2.45) is 5.41 Å². The molecule has 72 valence electrons. The van der Waals surface area contributed by atoms with Crippen molar-refractivity contribution in [1.82, 2.24) is 0 Å². The lowest BCUT2D eigenvalue weighted by Gasteiger charge is -2.24. The van der Waals surface area contributed by atoms with Gasteiger partial charge in [0.2, 0.25) is 0 Å². The van der Waals surface area contributed by atoms with Gasteiger partial charge in [0.25, 0.3) is 0 Å². The largest absolute Gasteiger partial charge is 0.192 e. The van der Waals surface area contributed by atoms with Crippen LogP contribution in [0.5, 0.6) is 0 Å². The fourth-order valence-corrected chi connectivity index (χ4v) is 3.17. The Bertz CT molecular complexity index is 324. The van der Waals surface area contributed by atoms with Crippen LogP contribution in [0.3, 0.4) is 0 Å². The lowest BCUT2D eigenvalue weighted by Crippen LogP contribution is -2.14. The van der Waals surface area contributed by atoms with Crippen molar-refractivity contribution in [2.75, 3.05) is 0 Å². The van der Waals surface area contributed by atoms with Crippen LogP contribution in [0, 0.1) is 28.1 Å². The first-order chi connectivity index (χ1) is 6.82. The maximum Gasteiger partial charge on any atom is 0.129 e. The standard InChI is InChI=1S/C12H14N2/c13-8-10(9-14)11-4-3-7-12(11)5-1-2-6-12/h1-7H2. The van der Waals surface area contributed by atoms with E-state index in [1.165, 1.54) is 44.1 Å². The average Bonchev–Trinajstić information content (AvgIpc) is 2.81. The Hall–Kier alpha value is -1.28. The van der Waals surface area contributed by atoms with Gasteiger partial charge in [0.05, 0.1) is 0 Å². The summed E-state index contributed by atoms with van der Waals surface area (Å²) in [4.78, 5) is 0. The molecule has 2 saturated carbocycles. The summed E-state index contributed by atoms with van der Waals surface area (Å²) in [5, 5.41) is 17.8. The summed E-state index contributed by atoms with van der Waals surface area (Å²) >= 11 is 0. The third kappa shape index (κ3) is 1.23. The van der Waals surface area contributed by atoms with E-state index in [0.717, 1.165) is 6.42 Å². The Morgan fingerprint density at radius 3 is 2.14 bits per heavy atom. The molecule has 2 rings (SSSR count). The van der Waals surface area contributed by atoms with Gasteiger partial charge in [-0.1, -0.05) is 12.8 Å². The van der Waals surface area contributed by atoms with Crippen LogP contribution in [0.4, 0.5) is 0 Å². The molecule has 2 nitrogen and oxygen atoms in total. The van der Waals surface area contributed by atoms with Crippen molar-refractivity contribution in [3.05, 3.63) is 11.1 Å². The summed E-state index contributed by atoms with van der Waals surface area (Å²) in [7, 11) is 0. The van der Waals surface area contributed by atoms with Gasteiger partial charge in [-0.3, -0.25) is 0 Å². The first-order valence-electron chi connectivity index (χ1n) is 5.36. The zero-order valence-corrected chi connectivity index (χ0v) is 8.34. The van der Waals surface area contributed by atoms with E-state index < -0.39 is 0 Å². The zero-order chi connectivity index (χ0) is 10.0. The topological polar surface area (TPSA) is 47.6 Å². The normalized spacial score (nSPS) is 23.4. The first kappa shape index (κ1) is 9.28. The van der Waals surface area contributed by atoms with Crippen molar-refractivity contribution in [1.29, 1.82) is 10.5 Å². The van der Waals surface area contributed by atoms with E-state index in [1.54, 1.807) is 0 Å². The predicted octanol–water partition coefficient (Wildman–Crippen LogP) is 3.07. The van der Waals surface area contributed by atoms with Crippen LogP contribution in [0.1, 0.15) is 44.9 Å². The van der Waals surface area contributed by atoms with Crippen molar-refractivity contribution in [2.45, 2.75) is 44.9 Å². The van der Waals surface area contributed by atoms with Crippen molar-refractivity contribution in [3.63, 3.8) is 0 Å². The Labute approximate surface area is 84.8 Å². The summed E-state index contributed by atoms with van der Waals surface area (Å²) in [5.74, 6) is 0. The van der Waals surface area contributed by atoms with Crippen LogP contribution < -0.4 is 0 Å². The molecule has 1 spiro atoms. The van der Waals surface area contributed by atoms with Crippen molar-refractivity contribution >= 4 is 0 Å². The lowest BCUT2D eigenvalue weighted by molar-refractivity contribution is 0.379. The minimum absolute atomic E-state index is 0.265. The highest BCUT2D eigenvalue weighted by molar-refractivity contribution is 5.44. The van der Waals surface area contributed by atoms with Gasteiger partial charge < -0.3 is 0 Å². The summed E-state index contributed by atoms with van der Waals surface area (Å²) in [6, 6.07) is 4.13. The molecule has 0 aromatic rings. The van der Waals surface area contributed by atoms with Crippen molar-refractivity contribution in [3.8, 4) is 12.1 Å². The maximum absolute atomic E-state index is 8.90. The molecule has 2 heteroatoms. The molecule has 0 aromatic heterocycles. The van der Waals surface area contributed by atoms with E-state index in [-0.39, 0.29) is 5.41 Å². The second kappa shape index (κ2) is 3.46. The van der Waals surface area contributed by atoms with Gasteiger partial charge in [-0.2, -0.15) is 10.5 Å². The Morgan fingerprint density at radius 2 is 1.57 bits per heavy atom. The molecule has 0 aromatic carbocycles. The van der Waals surface area contributed by atoms with E-state index in [4.69, 9.17) is 10.5 Å². The third-order valence-corrected chi connectivity index (χ3v) is 3.81. The molecule has 0 unspecified atom stereocenters. The molecular formula is C12H14N2. The summed E-state index contributed by atoms with van der Waals surface area (Å²) in [5.41, 5.74) is 1.85. The predicted molar refractivity (Wildman–Crippen MR) is 53.0 cm³/mol. The Balaban J connectivity index is 2.41. The Morgan fingerprint density at radius 1 is 1.00 bits per heavy atom. The molecule has 0 amide bonds. The highest BCUT2D eigenvalue weighted by Crippen LogP contribution is 2.54. The molecule has 0 bridgehead atoms. The SMILES string of the molecule is N#CC(C#N)=C1CCCC12CCCC2. The van der Waals surface area contributed by atoms with Crippen LogP contribution in [0.25, 0.3) is 0 Å². The minimum Gasteiger partial charge on any atom is -0.192 e. The molecule has 0 N–H and O–H groups in total.